The molecule has 1 fully saturated rings. The van der Waals surface area contributed by atoms with E-state index in [4.69, 9.17) is 4.74 Å². The van der Waals surface area contributed by atoms with Gasteiger partial charge in [-0.2, -0.15) is 5.10 Å². The number of alkyl halides is 2. The number of sulfonamides is 1. The number of nitrogens with one attached hydrogen (secondary N) is 1. The summed E-state index contributed by atoms with van der Waals surface area (Å²) in [7, 11) is -3.31. The number of halogens is 2. The van der Waals surface area contributed by atoms with E-state index in [1.54, 1.807) is 18.5 Å². The Balaban J connectivity index is 1.59. The number of aromatic nitrogens is 4. The summed E-state index contributed by atoms with van der Waals surface area (Å²) in [5.41, 5.74) is 1.43. The quantitative estimate of drug-likeness (QED) is 0.622. The Bertz CT molecular complexity index is 1150. The van der Waals surface area contributed by atoms with Crippen LogP contribution in [0.4, 0.5) is 14.6 Å². The number of imidazole rings is 1. The van der Waals surface area contributed by atoms with Crippen LogP contribution in [-0.2, 0) is 14.8 Å². The largest absolute Gasteiger partial charge is 0.373 e. The highest BCUT2D eigenvalue weighted by Crippen LogP contribution is 2.25. The van der Waals surface area contributed by atoms with E-state index in [9.17, 15) is 17.2 Å². The molecule has 0 radical (unpaired) electrons. The van der Waals surface area contributed by atoms with Gasteiger partial charge in [-0.05, 0) is 24.3 Å². The maximum atomic E-state index is 13.0. The van der Waals surface area contributed by atoms with Gasteiger partial charge in [0.15, 0.2) is 5.65 Å². The number of ether oxygens (including phenoxy) is 1. The molecule has 1 saturated heterocycles. The van der Waals surface area contributed by atoms with Crippen LogP contribution in [0.5, 0.6) is 0 Å². The molecule has 1 aliphatic heterocycles. The second-order valence-corrected chi connectivity index (χ2v) is 8.77. The van der Waals surface area contributed by atoms with Gasteiger partial charge in [-0.1, -0.05) is 0 Å². The number of nitrogens with zero attached hydrogens (tertiary/aromatic N) is 5. The standard InChI is InChI=1S/C18H20F2N6O3S/c1-30(27,28)23-9-13-11-25(6-7-29-13)17-8-12(4-5-21-17)15-10-22-16-3-2-14(18(19)20)24-26(15)16/h2-5,8,10,13,18,23H,6-7,9,11H2,1H3/t13-/m1/s1. The Morgan fingerprint density at radius 2 is 2.13 bits per heavy atom. The number of fused-ring (bicyclic) bond motifs is 1. The summed E-state index contributed by atoms with van der Waals surface area (Å²) in [6.45, 7) is 1.65. The molecule has 3 aromatic heterocycles. The normalized spacial score (nSPS) is 17.7. The maximum absolute atomic E-state index is 13.0. The van der Waals surface area contributed by atoms with Gasteiger partial charge in [0.2, 0.25) is 10.0 Å². The minimum absolute atomic E-state index is 0.169. The first-order valence-corrected chi connectivity index (χ1v) is 11.1. The lowest BCUT2D eigenvalue weighted by molar-refractivity contribution is 0.0440. The summed E-state index contributed by atoms with van der Waals surface area (Å²) in [5.74, 6) is 0.667. The summed E-state index contributed by atoms with van der Waals surface area (Å²) in [6, 6.07) is 6.34. The molecule has 0 bridgehead atoms. The van der Waals surface area contributed by atoms with Crippen LogP contribution in [0.15, 0.2) is 36.7 Å². The molecule has 3 aromatic rings. The first kappa shape index (κ1) is 20.6. The van der Waals surface area contributed by atoms with Crippen molar-refractivity contribution in [3.05, 3.63) is 42.4 Å². The lowest BCUT2D eigenvalue weighted by Gasteiger charge is -2.33. The van der Waals surface area contributed by atoms with Crippen molar-refractivity contribution in [2.45, 2.75) is 12.5 Å². The molecule has 30 heavy (non-hydrogen) atoms. The minimum atomic E-state index is -3.31. The molecule has 160 valence electrons. The van der Waals surface area contributed by atoms with Gasteiger partial charge in [0, 0.05) is 31.4 Å². The van der Waals surface area contributed by atoms with E-state index >= 15 is 0 Å². The highest BCUT2D eigenvalue weighted by molar-refractivity contribution is 7.88. The zero-order chi connectivity index (χ0) is 21.3. The van der Waals surface area contributed by atoms with E-state index < -0.39 is 16.4 Å². The van der Waals surface area contributed by atoms with Crippen molar-refractivity contribution in [3.8, 4) is 11.3 Å². The zero-order valence-electron chi connectivity index (χ0n) is 16.1. The molecular weight excluding hydrogens is 418 g/mol. The molecule has 1 atom stereocenters. The van der Waals surface area contributed by atoms with Crippen molar-refractivity contribution in [2.75, 3.05) is 37.4 Å². The van der Waals surface area contributed by atoms with Gasteiger partial charge in [0.25, 0.3) is 6.43 Å². The van der Waals surface area contributed by atoms with E-state index in [1.165, 1.54) is 16.6 Å². The molecule has 0 aromatic carbocycles. The SMILES string of the molecule is CS(=O)(=O)NC[C@@H]1CN(c2cc(-c3cnc4ccc(C(F)F)nn34)ccn2)CCO1. The topological polar surface area (TPSA) is 102 Å². The van der Waals surface area contributed by atoms with Crippen LogP contribution in [-0.4, -0.2) is 66.6 Å². The molecule has 9 nitrogen and oxygen atoms in total. The van der Waals surface area contributed by atoms with E-state index in [2.05, 4.69) is 19.8 Å². The van der Waals surface area contributed by atoms with Gasteiger partial charge < -0.3 is 9.64 Å². The van der Waals surface area contributed by atoms with Crippen molar-refractivity contribution in [1.82, 2.24) is 24.3 Å². The molecular formula is C18H20F2N6O3S. The zero-order valence-corrected chi connectivity index (χ0v) is 16.9. The number of hydrogen-bond donors (Lipinski definition) is 1. The predicted octanol–water partition coefficient (Wildman–Crippen LogP) is 1.48. The lowest BCUT2D eigenvalue weighted by Crippen LogP contribution is -2.47. The van der Waals surface area contributed by atoms with Crippen LogP contribution < -0.4 is 9.62 Å². The van der Waals surface area contributed by atoms with Crippen molar-refractivity contribution < 1.29 is 21.9 Å². The molecule has 0 unspecified atom stereocenters. The Morgan fingerprint density at radius 3 is 2.90 bits per heavy atom. The molecule has 4 heterocycles. The summed E-state index contributed by atoms with van der Waals surface area (Å²) < 4.78 is 58.2. The molecule has 0 spiro atoms. The van der Waals surface area contributed by atoms with Gasteiger partial charge in [-0.3, -0.25) is 0 Å². The first-order valence-electron chi connectivity index (χ1n) is 9.20. The van der Waals surface area contributed by atoms with Gasteiger partial charge in [-0.15, -0.1) is 0 Å². The van der Waals surface area contributed by atoms with Crippen molar-refractivity contribution in [3.63, 3.8) is 0 Å². The molecule has 0 saturated carbocycles. The Hall–Kier alpha value is -2.70. The third-order valence-corrected chi connectivity index (χ3v) is 5.37. The summed E-state index contributed by atoms with van der Waals surface area (Å²) >= 11 is 0. The molecule has 1 aliphatic rings. The smallest absolute Gasteiger partial charge is 0.282 e. The van der Waals surface area contributed by atoms with Crippen LogP contribution in [0.1, 0.15) is 12.1 Å². The average molecular weight is 438 g/mol. The van der Waals surface area contributed by atoms with E-state index in [1.807, 2.05) is 11.0 Å². The third kappa shape index (κ3) is 4.55. The molecule has 0 aliphatic carbocycles. The Labute approximate surface area is 171 Å². The Kier molecular flexibility index (Phi) is 5.62. The van der Waals surface area contributed by atoms with Crippen molar-refractivity contribution in [2.24, 2.45) is 0 Å². The lowest BCUT2D eigenvalue weighted by atomic mass is 10.2. The fourth-order valence-electron chi connectivity index (χ4n) is 3.25. The summed E-state index contributed by atoms with van der Waals surface area (Å²) in [6.07, 6.45) is 1.31. The maximum Gasteiger partial charge on any atom is 0.282 e. The van der Waals surface area contributed by atoms with Gasteiger partial charge in [0.1, 0.15) is 11.5 Å². The molecule has 1 N–H and O–H groups in total. The van der Waals surface area contributed by atoms with E-state index in [0.717, 1.165) is 11.8 Å². The van der Waals surface area contributed by atoms with Crippen LogP contribution >= 0.6 is 0 Å². The third-order valence-electron chi connectivity index (χ3n) is 4.68. The average Bonchev–Trinajstić information content (AvgIpc) is 3.15. The fraction of sp³-hybridized carbons (Fsp3) is 0.389. The number of morpholine rings is 1. The first-order chi connectivity index (χ1) is 14.3. The van der Waals surface area contributed by atoms with Crippen LogP contribution in [0.3, 0.4) is 0 Å². The number of pyridine rings is 1. The highest BCUT2D eigenvalue weighted by atomic mass is 32.2. The van der Waals surface area contributed by atoms with Crippen LogP contribution in [0.25, 0.3) is 16.9 Å². The number of rotatable bonds is 6. The van der Waals surface area contributed by atoms with Gasteiger partial charge >= 0.3 is 0 Å². The predicted molar refractivity (Wildman–Crippen MR) is 106 cm³/mol. The summed E-state index contributed by atoms with van der Waals surface area (Å²) in [5, 5.41) is 4.00. The van der Waals surface area contributed by atoms with Crippen LogP contribution in [0, 0.1) is 0 Å². The Morgan fingerprint density at radius 1 is 1.30 bits per heavy atom. The van der Waals surface area contributed by atoms with Crippen molar-refractivity contribution in [1.29, 1.82) is 0 Å². The molecule has 4 rings (SSSR count). The van der Waals surface area contributed by atoms with Gasteiger partial charge in [0.05, 0.1) is 30.9 Å². The fourth-order valence-corrected chi connectivity index (χ4v) is 3.74. The van der Waals surface area contributed by atoms with E-state index in [-0.39, 0.29) is 18.3 Å². The monoisotopic (exact) mass is 438 g/mol. The van der Waals surface area contributed by atoms with E-state index in [0.29, 0.717) is 36.9 Å². The minimum Gasteiger partial charge on any atom is -0.373 e. The molecule has 12 heteroatoms. The van der Waals surface area contributed by atoms with Gasteiger partial charge in [-0.25, -0.2) is 36.4 Å². The second kappa shape index (κ2) is 8.20. The van der Waals surface area contributed by atoms with Crippen LogP contribution in [0.2, 0.25) is 0 Å². The van der Waals surface area contributed by atoms with Crippen molar-refractivity contribution >= 4 is 21.5 Å². The second-order valence-electron chi connectivity index (χ2n) is 6.93. The highest BCUT2D eigenvalue weighted by Gasteiger charge is 2.23. The molecule has 0 amide bonds. The number of anilines is 1. The summed E-state index contributed by atoms with van der Waals surface area (Å²) in [4.78, 5) is 10.6. The number of hydrogen-bond acceptors (Lipinski definition) is 7.